The standard InChI is InChI=1S/C15H16N2O2S/c1-9-6-7-20-14(9)15(19)16-11-3-4-12-10(8-11)2-5-13(18)17-12/h2,5-7,11H,3-4,8H2,1H3,(H,16,19)(H,17,18). The summed E-state index contributed by atoms with van der Waals surface area (Å²) in [4.78, 5) is 27.1. The first-order chi connectivity index (χ1) is 9.63. The number of pyridine rings is 1. The lowest BCUT2D eigenvalue weighted by Gasteiger charge is -2.25. The van der Waals surface area contributed by atoms with Crippen LogP contribution in [0.5, 0.6) is 0 Å². The Bertz CT molecular complexity index is 702. The Hall–Kier alpha value is -1.88. The Balaban J connectivity index is 1.72. The second kappa shape index (κ2) is 5.25. The third-order valence-electron chi connectivity index (χ3n) is 3.71. The molecule has 0 aromatic carbocycles. The van der Waals surface area contributed by atoms with Gasteiger partial charge in [-0.05, 0) is 48.8 Å². The first-order valence-corrected chi connectivity index (χ1v) is 7.57. The number of aromatic amines is 1. The number of carbonyl (C=O) groups excluding carboxylic acids is 1. The number of nitrogens with one attached hydrogen (secondary N) is 2. The van der Waals surface area contributed by atoms with E-state index in [1.54, 1.807) is 6.07 Å². The zero-order valence-electron chi connectivity index (χ0n) is 11.2. The van der Waals surface area contributed by atoms with Gasteiger partial charge < -0.3 is 10.3 Å². The number of thiophene rings is 1. The van der Waals surface area contributed by atoms with Gasteiger partial charge in [-0.2, -0.15) is 0 Å². The fourth-order valence-corrected chi connectivity index (χ4v) is 3.46. The Labute approximate surface area is 120 Å². The summed E-state index contributed by atoms with van der Waals surface area (Å²) in [7, 11) is 0. The first kappa shape index (κ1) is 13.1. The number of rotatable bonds is 2. The number of carbonyl (C=O) groups is 1. The van der Waals surface area contributed by atoms with Gasteiger partial charge in [0.2, 0.25) is 5.56 Å². The molecule has 1 atom stereocenters. The van der Waals surface area contributed by atoms with Crippen LogP contribution >= 0.6 is 11.3 Å². The summed E-state index contributed by atoms with van der Waals surface area (Å²) in [5.74, 6) is 0.00961. The number of hydrogen-bond acceptors (Lipinski definition) is 3. The third kappa shape index (κ3) is 2.54. The molecular weight excluding hydrogens is 272 g/mol. The van der Waals surface area contributed by atoms with E-state index in [-0.39, 0.29) is 17.5 Å². The van der Waals surface area contributed by atoms with Crippen molar-refractivity contribution in [1.29, 1.82) is 0 Å². The fraction of sp³-hybridized carbons (Fsp3) is 0.333. The third-order valence-corrected chi connectivity index (χ3v) is 4.73. The normalized spacial score (nSPS) is 17.6. The van der Waals surface area contributed by atoms with E-state index in [1.165, 1.54) is 11.3 Å². The van der Waals surface area contributed by atoms with Crippen molar-refractivity contribution in [3.63, 3.8) is 0 Å². The summed E-state index contributed by atoms with van der Waals surface area (Å²) in [6.07, 6.45) is 2.45. The molecule has 0 bridgehead atoms. The van der Waals surface area contributed by atoms with E-state index in [9.17, 15) is 9.59 Å². The Morgan fingerprint density at radius 3 is 3.00 bits per heavy atom. The van der Waals surface area contributed by atoms with Crippen LogP contribution in [-0.2, 0) is 12.8 Å². The van der Waals surface area contributed by atoms with Crippen molar-refractivity contribution >= 4 is 17.2 Å². The molecule has 4 nitrogen and oxygen atoms in total. The lowest BCUT2D eigenvalue weighted by Crippen LogP contribution is -2.39. The van der Waals surface area contributed by atoms with E-state index < -0.39 is 0 Å². The van der Waals surface area contributed by atoms with Crippen LogP contribution in [0.25, 0.3) is 0 Å². The maximum Gasteiger partial charge on any atom is 0.261 e. The molecule has 1 amide bonds. The number of fused-ring (bicyclic) bond motifs is 1. The number of H-pyrrole nitrogens is 1. The second-order valence-corrected chi connectivity index (χ2v) is 6.09. The minimum Gasteiger partial charge on any atom is -0.348 e. The lowest BCUT2D eigenvalue weighted by molar-refractivity contribution is 0.0937. The summed E-state index contributed by atoms with van der Waals surface area (Å²) in [6.45, 7) is 1.95. The predicted octanol–water partition coefficient (Wildman–Crippen LogP) is 2.03. The van der Waals surface area contributed by atoms with Crippen molar-refractivity contribution in [2.75, 3.05) is 0 Å². The smallest absolute Gasteiger partial charge is 0.261 e. The van der Waals surface area contributed by atoms with Gasteiger partial charge in [0.25, 0.3) is 5.91 Å². The quantitative estimate of drug-likeness (QED) is 0.888. The van der Waals surface area contributed by atoms with E-state index >= 15 is 0 Å². The van der Waals surface area contributed by atoms with Gasteiger partial charge in [-0.1, -0.05) is 6.07 Å². The van der Waals surface area contributed by atoms with Gasteiger partial charge in [-0.25, -0.2) is 0 Å². The molecule has 20 heavy (non-hydrogen) atoms. The van der Waals surface area contributed by atoms with Gasteiger partial charge in [-0.15, -0.1) is 11.3 Å². The topological polar surface area (TPSA) is 62.0 Å². The molecule has 3 rings (SSSR count). The van der Waals surface area contributed by atoms with Gasteiger partial charge in [0.1, 0.15) is 0 Å². The Morgan fingerprint density at radius 2 is 2.25 bits per heavy atom. The highest BCUT2D eigenvalue weighted by molar-refractivity contribution is 7.12. The zero-order valence-corrected chi connectivity index (χ0v) is 12.0. The Kier molecular flexibility index (Phi) is 3.44. The van der Waals surface area contributed by atoms with Crippen molar-refractivity contribution in [2.24, 2.45) is 0 Å². The molecule has 5 heteroatoms. The molecule has 1 aliphatic carbocycles. The van der Waals surface area contributed by atoms with Gasteiger partial charge in [-0.3, -0.25) is 9.59 Å². The maximum absolute atomic E-state index is 12.2. The minimum absolute atomic E-state index is 0.00961. The molecule has 2 aromatic heterocycles. The monoisotopic (exact) mass is 288 g/mol. The maximum atomic E-state index is 12.2. The summed E-state index contributed by atoms with van der Waals surface area (Å²) in [6, 6.07) is 5.51. The van der Waals surface area contributed by atoms with Crippen molar-refractivity contribution in [3.05, 3.63) is 55.6 Å². The molecule has 2 aromatic rings. The highest BCUT2D eigenvalue weighted by Gasteiger charge is 2.22. The van der Waals surface area contributed by atoms with Crippen LogP contribution in [0.4, 0.5) is 0 Å². The van der Waals surface area contributed by atoms with Crippen LogP contribution < -0.4 is 10.9 Å². The highest BCUT2D eigenvalue weighted by atomic mass is 32.1. The van der Waals surface area contributed by atoms with Crippen LogP contribution in [0.15, 0.2) is 28.4 Å². The van der Waals surface area contributed by atoms with Crippen LogP contribution in [0.3, 0.4) is 0 Å². The van der Waals surface area contributed by atoms with Gasteiger partial charge in [0.05, 0.1) is 4.88 Å². The van der Waals surface area contributed by atoms with E-state index in [0.717, 1.165) is 41.0 Å². The van der Waals surface area contributed by atoms with Crippen LogP contribution in [0.1, 0.15) is 32.9 Å². The van der Waals surface area contributed by atoms with E-state index in [1.807, 2.05) is 24.4 Å². The molecular formula is C15H16N2O2S. The van der Waals surface area contributed by atoms with Crippen LogP contribution in [-0.4, -0.2) is 16.9 Å². The predicted molar refractivity (Wildman–Crippen MR) is 79.4 cm³/mol. The van der Waals surface area contributed by atoms with Gasteiger partial charge >= 0.3 is 0 Å². The SMILES string of the molecule is Cc1ccsc1C(=O)NC1CCc2[nH]c(=O)ccc2C1. The fourth-order valence-electron chi connectivity index (χ4n) is 2.63. The van der Waals surface area contributed by atoms with Crippen molar-refractivity contribution in [3.8, 4) is 0 Å². The molecule has 0 spiro atoms. The van der Waals surface area contributed by atoms with Crippen molar-refractivity contribution in [2.45, 2.75) is 32.2 Å². The number of aryl methyl sites for hydroxylation is 2. The highest BCUT2D eigenvalue weighted by Crippen LogP contribution is 2.20. The Morgan fingerprint density at radius 1 is 1.40 bits per heavy atom. The minimum atomic E-state index is -0.0551. The number of aromatic nitrogens is 1. The molecule has 1 unspecified atom stereocenters. The van der Waals surface area contributed by atoms with Crippen molar-refractivity contribution in [1.82, 2.24) is 10.3 Å². The average Bonchev–Trinajstić information content (AvgIpc) is 2.85. The molecule has 1 aliphatic rings. The molecule has 0 radical (unpaired) electrons. The van der Waals surface area contributed by atoms with Crippen LogP contribution in [0, 0.1) is 6.92 Å². The molecule has 0 fully saturated rings. The summed E-state index contributed by atoms with van der Waals surface area (Å²) in [5, 5.41) is 5.03. The molecule has 0 saturated heterocycles. The molecule has 104 valence electrons. The average molecular weight is 288 g/mol. The molecule has 0 saturated carbocycles. The van der Waals surface area contributed by atoms with E-state index in [0.29, 0.717) is 0 Å². The number of amides is 1. The first-order valence-electron chi connectivity index (χ1n) is 6.69. The summed E-state index contributed by atoms with van der Waals surface area (Å²) in [5.41, 5.74) is 3.10. The van der Waals surface area contributed by atoms with E-state index in [4.69, 9.17) is 0 Å². The zero-order chi connectivity index (χ0) is 14.1. The van der Waals surface area contributed by atoms with Gasteiger partial charge in [0, 0.05) is 17.8 Å². The molecule has 0 aliphatic heterocycles. The lowest BCUT2D eigenvalue weighted by atomic mass is 9.92. The summed E-state index contributed by atoms with van der Waals surface area (Å²) < 4.78 is 0. The van der Waals surface area contributed by atoms with E-state index in [2.05, 4.69) is 10.3 Å². The van der Waals surface area contributed by atoms with Gasteiger partial charge in [0.15, 0.2) is 0 Å². The second-order valence-electron chi connectivity index (χ2n) is 5.17. The molecule has 2 N–H and O–H groups in total. The molecule has 2 heterocycles. The summed E-state index contributed by atoms with van der Waals surface area (Å²) >= 11 is 1.47. The van der Waals surface area contributed by atoms with Crippen molar-refractivity contribution < 1.29 is 4.79 Å². The largest absolute Gasteiger partial charge is 0.348 e. The number of hydrogen-bond donors (Lipinski definition) is 2. The van der Waals surface area contributed by atoms with Crippen LogP contribution in [0.2, 0.25) is 0 Å².